The third-order valence-corrected chi connectivity index (χ3v) is 3.46. The summed E-state index contributed by atoms with van der Waals surface area (Å²) in [6.45, 7) is 1.55. The summed E-state index contributed by atoms with van der Waals surface area (Å²) in [5.74, 6) is 0.212. The van der Waals surface area contributed by atoms with Crippen LogP contribution in [0.15, 0.2) is 24.3 Å². The molecule has 1 heterocycles. The second-order valence-corrected chi connectivity index (χ2v) is 6.71. The molecular weight excluding hydrogens is 383 g/mol. The van der Waals surface area contributed by atoms with Crippen molar-refractivity contribution in [1.29, 1.82) is 0 Å². The molecule has 0 radical (unpaired) electrons. The Hall–Kier alpha value is -1.07. The standard InChI is InChI=1S/C10H11IN4O3S/c1-7(18-19(2,16)17)10-12-14-15(13-10)9-5-3-4-8(11)6-9/h3-7H,1-2H3. The molecule has 0 bridgehead atoms. The van der Waals surface area contributed by atoms with Crippen molar-refractivity contribution in [3.8, 4) is 5.69 Å². The lowest BCUT2D eigenvalue weighted by Gasteiger charge is -2.05. The second-order valence-electron chi connectivity index (χ2n) is 3.86. The Balaban J connectivity index is 2.24. The highest BCUT2D eigenvalue weighted by Gasteiger charge is 2.18. The molecule has 0 saturated heterocycles. The quantitative estimate of drug-likeness (QED) is 0.574. The maximum Gasteiger partial charge on any atom is 0.265 e. The Labute approximate surface area is 124 Å². The van der Waals surface area contributed by atoms with Crippen molar-refractivity contribution in [2.75, 3.05) is 6.26 Å². The van der Waals surface area contributed by atoms with Crippen LogP contribution in [-0.4, -0.2) is 34.9 Å². The molecule has 1 atom stereocenters. The van der Waals surface area contributed by atoms with Gasteiger partial charge >= 0.3 is 0 Å². The zero-order valence-corrected chi connectivity index (χ0v) is 13.2. The van der Waals surface area contributed by atoms with E-state index in [1.165, 1.54) is 4.80 Å². The Bertz CT molecular complexity index is 686. The smallest absolute Gasteiger partial charge is 0.259 e. The number of aromatic nitrogens is 4. The first-order chi connectivity index (χ1) is 8.85. The maximum atomic E-state index is 11.0. The third kappa shape index (κ3) is 3.94. The molecule has 9 heteroatoms. The first kappa shape index (κ1) is 14.3. The van der Waals surface area contributed by atoms with Gasteiger partial charge in [-0.05, 0) is 52.9 Å². The largest absolute Gasteiger partial charge is 0.265 e. The number of hydrogen-bond donors (Lipinski definition) is 0. The minimum absolute atomic E-state index is 0.212. The fraction of sp³-hybridized carbons (Fsp3) is 0.300. The molecule has 2 rings (SSSR count). The van der Waals surface area contributed by atoms with Crippen molar-refractivity contribution in [2.24, 2.45) is 0 Å². The predicted molar refractivity (Wildman–Crippen MR) is 76.2 cm³/mol. The van der Waals surface area contributed by atoms with Gasteiger partial charge in [0.2, 0.25) is 5.82 Å². The zero-order chi connectivity index (χ0) is 14.0. The van der Waals surface area contributed by atoms with Crippen LogP contribution in [0, 0.1) is 3.57 Å². The average molecular weight is 394 g/mol. The van der Waals surface area contributed by atoms with Crippen molar-refractivity contribution in [3.05, 3.63) is 33.7 Å². The summed E-state index contributed by atoms with van der Waals surface area (Å²) in [5.41, 5.74) is 0.747. The Morgan fingerprint density at radius 2 is 2.16 bits per heavy atom. The SMILES string of the molecule is CC(OS(C)(=O)=O)c1nnn(-c2cccc(I)c2)n1. The molecule has 19 heavy (non-hydrogen) atoms. The van der Waals surface area contributed by atoms with Gasteiger partial charge in [0.25, 0.3) is 10.1 Å². The number of tetrazole rings is 1. The Morgan fingerprint density at radius 3 is 2.79 bits per heavy atom. The minimum Gasteiger partial charge on any atom is -0.259 e. The number of halogens is 1. The molecule has 7 nitrogen and oxygen atoms in total. The molecule has 0 aliphatic heterocycles. The average Bonchev–Trinajstić information content (AvgIpc) is 2.75. The predicted octanol–water partition coefficient (Wildman–Crippen LogP) is 1.30. The van der Waals surface area contributed by atoms with Crippen LogP contribution in [0.4, 0.5) is 0 Å². The highest BCUT2D eigenvalue weighted by atomic mass is 127. The van der Waals surface area contributed by atoms with Gasteiger partial charge in [-0.15, -0.1) is 15.0 Å². The van der Waals surface area contributed by atoms with Gasteiger partial charge in [0, 0.05) is 3.57 Å². The van der Waals surface area contributed by atoms with Crippen LogP contribution in [-0.2, 0) is 14.3 Å². The Morgan fingerprint density at radius 1 is 1.42 bits per heavy atom. The summed E-state index contributed by atoms with van der Waals surface area (Å²) in [5, 5.41) is 11.8. The van der Waals surface area contributed by atoms with E-state index in [9.17, 15) is 8.42 Å². The summed E-state index contributed by atoms with van der Waals surface area (Å²) in [6.07, 6.45) is 0.208. The van der Waals surface area contributed by atoms with Gasteiger partial charge in [-0.25, -0.2) is 0 Å². The Kier molecular flexibility index (Phi) is 4.16. The van der Waals surface area contributed by atoms with E-state index in [2.05, 4.69) is 38.0 Å². The fourth-order valence-corrected chi connectivity index (χ4v) is 2.54. The summed E-state index contributed by atoms with van der Waals surface area (Å²) in [7, 11) is -3.55. The molecule has 1 unspecified atom stereocenters. The van der Waals surface area contributed by atoms with Crippen LogP contribution in [0.3, 0.4) is 0 Å². The van der Waals surface area contributed by atoms with E-state index in [1.54, 1.807) is 6.92 Å². The van der Waals surface area contributed by atoms with E-state index in [0.717, 1.165) is 15.5 Å². The lowest BCUT2D eigenvalue weighted by Crippen LogP contribution is -2.09. The highest BCUT2D eigenvalue weighted by molar-refractivity contribution is 14.1. The summed E-state index contributed by atoms with van der Waals surface area (Å²) >= 11 is 2.18. The molecular formula is C10H11IN4O3S. The molecule has 0 saturated carbocycles. The second kappa shape index (κ2) is 5.51. The van der Waals surface area contributed by atoms with Crippen molar-refractivity contribution in [1.82, 2.24) is 20.2 Å². The molecule has 0 amide bonds. The molecule has 2 aromatic rings. The summed E-state index contributed by atoms with van der Waals surface area (Å²) < 4.78 is 27.9. The van der Waals surface area contributed by atoms with Gasteiger partial charge in [-0.2, -0.15) is 8.42 Å². The highest BCUT2D eigenvalue weighted by Crippen LogP contribution is 2.15. The van der Waals surface area contributed by atoms with Crippen LogP contribution in [0.5, 0.6) is 0 Å². The lowest BCUT2D eigenvalue weighted by molar-refractivity contribution is 0.226. The molecule has 1 aromatic carbocycles. The van der Waals surface area contributed by atoms with Gasteiger partial charge in [-0.1, -0.05) is 6.07 Å². The van der Waals surface area contributed by atoms with Gasteiger partial charge in [0.1, 0.15) is 6.10 Å². The number of nitrogens with zero attached hydrogens (tertiary/aromatic N) is 4. The molecule has 1 aromatic heterocycles. The van der Waals surface area contributed by atoms with Crippen LogP contribution in [0.2, 0.25) is 0 Å². The first-order valence-corrected chi connectivity index (χ1v) is 8.19. The van der Waals surface area contributed by atoms with Crippen LogP contribution < -0.4 is 0 Å². The third-order valence-electron chi connectivity index (χ3n) is 2.15. The van der Waals surface area contributed by atoms with Gasteiger partial charge < -0.3 is 0 Å². The number of benzene rings is 1. The van der Waals surface area contributed by atoms with E-state index >= 15 is 0 Å². The topological polar surface area (TPSA) is 87.0 Å². The van der Waals surface area contributed by atoms with E-state index < -0.39 is 16.2 Å². The molecule has 0 aliphatic rings. The maximum absolute atomic E-state index is 11.0. The lowest BCUT2D eigenvalue weighted by atomic mass is 10.3. The van der Waals surface area contributed by atoms with E-state index in [1.807, 2.05) is 24.3 Å². The van der Waals surface area contributed by atoms with Crippen molar-refractivity contribution >= 4 is 32.7 Å². The molecule has 0 fully saturated rings. The summed E-state index contributed by atoms with van der Waals surface area (Å²) in [6, 6.07) is 7.53. The number of hydrogen-bond acceptors (Lipinski definition) is 6. The van der Waals surface area contributed by atoms with Crippen molar-refractivity contribution < 1.29 is 12.6 Å². The molecule has 0 N–H and O–H groups in total. The van der Waals surface area contributed by atoms with Crippen LogP contribution >= 0.6 is 22.6 Å². The molecule has 102 valence electrons. The molecule has 0 spiro atoms. The summed E-state index contributed by atoms with van der Waals surface area (Å²) in [4.78, 5) is 1.33. The number of rotatable bonds is 4. The van der Waals surface area contributed by atoms with Crippen LogP contribution in [0.1, 0.15) is 18.9 Å². The van der Waals surface area contributed by atoms with Gasteiger partial charge in [-0.3, -0.25) is 4.18 Å². The van der Waals surface area contributed by atoms with Gasteiger partial charge in [0.15, 0.2) is 0 Å². The zero-order valence-electron chi connectivity index (χ0n) is 10.2. The van der Waals surface area contributed by atoms with Gasteiger partial charge in [0.05, 0.1) is 11.9 Å². The van der Waals surface area contributed by atoms with Crippen molar-refractivity contribution in [3.63, 3.8) is 0 Å². The first-order valence-electron chi connectivity index (χ1n) is 5.29. The molecule has 0 aliphatic carbocycles. The van der Waals surface area contributed by atoms with E-state index in [-0.39, 0.29) is 5.82 Å². The van der Waals surface area contributed by atoms with Crippen LogP contribution in [0.25, 0.3) is 5.69 Å². The normalized spacial score (nSPS) is 13.4. The minimum atomic E-state index is -3.55. The monoisotopic (exact) mass is 394 g/mol. The van der Waals surface area contributed by atoms with E-state index in [0.29, 0.717) is 0 Å². The fourth-order valence-electron chi connectivity index (χ4n) is 1.40. The van der Waals surface area contributed by atoms with E-state index in [4.69, 9.17) is 4.18 Å². The van der Waals surface area contributed by atoms with Crippen molar-refractivity contribution in [2.45, 2.75) is 13.0 Å².